The summed E-state index contributed by atoms with van der Waals surface area (Å²) >= 11 is 3.04. The van der Waals surface area contributed by atoms with Crippen LogP contribution in [0.5, 0.6) is 11.5 Å². The van der Waals surface area contributed by atoms with Crippen LogP contribution in [-0.2, 0) is 0 Å². The summed E-state index contributed by atoms with van der Waals surface area (Å²) in [6, 6.07) is 8.78. The zero-order valence-electron chi connectivity index (χ0n) is 10.4. The molecule has 0 aliphatic heterocycles. The van der Waals surface area contributed by atoms with Crippen molar-refractivity contribution < 1.29 is 18.3 Å². The zero-order chi connectivity index (χ0) is 14.5. The van der Waals surface area contributed by atoms with Gasteiger partial charge in [0, 0.05) is 11.8 Å². The maximum atomic E-state index is 13.5. The van der Waals surface area contributed by atoms with Gasteiger partial charge in [-0.3, -0.25) is 0 Å². The van der Waals surface area contributed by atoms with Crippen LogP contribution in [0.15, 0.2) is 40.9 Å². The molecule has 0 saturated heterocycles. The highest BCUT2D eigenvalue weighted by molar-refractivity contribution is 9.10. The predicted octanol–water partition coefficient (Wildman–Crippen LogP) is 3.77. The molecule has 0 radical (unpaired) electrons. The summed E-state index contributed by atoms with van der Waals surface area (Å²) in [5.74, 6) is -0.821. The van der Waals surface area contributed by atoms with Crippen molar-refractivity contribution in [1.82, 2.24) is 0 Å². The smallest absolute Gasteiger partial charge is 0.169 e. The first-order valence-electron chi connectivity index (χ1n) is 5.82. The standard InChI is InChI=1S/C14H12BrF2NO2/c15-12-7-9(16)8-13(17)14(12)20-6-5-19-11-3-1-10(18)2-4-11/h1-4,7-8H,5-6,18H2. The molecule has 0 bridgehead atoms. The van der Waals surface area contributed by atoms with Crippen molar-refractivity contribution in [2.75, 3.05) is 18.9 Å². The number of nitrogens with two attached hydrogens (primary N) is 1. The van der Waals surface area contributed by atoms with E-state index in [1.165, 1.54) is 0 Å². The van der Waals surface area contributed by atoms with E-state index in [1.807, 2.05) is 0 Å². The van der Waals surface area contributed by atoms with Gasteiger partial charge < -0.3 is 15.2 Å². The van der Waals surface area contributed by atoms with Gasteiger partial charge in [0.25, 0.3) is 0 Å². The van der Waals surface area contributed by atoms with Gasteiger partial charge in [-0.1, -0.05) is 0 Å². The number of nitrogen functional groups attached to an aromatic ring is 1. The van der Waals surface area contributed by atoms with Gasteiger partial charge in [0.1, 0.15) is 24.8 Å². The van der Waals surface area contributed by atoms with Gasteiger partial charge in [0.15, 0.2) is 11.6 Å². The van der Waals surface area contributed by atoms with Gasteiger partial charge in [-0.05, 0) is 46.3 Å². The van der Waals surface area contributed by atoms with Crippen LogP contribution >= 0.6 is 15.9 Å². The number of benzene rings is 2. The molecule has 0 spiro atoms. The molecule has 2 aromatic rings. The maximum absolute atomic E-state index is 13.5. The minimum atomic E-state index is -0.760. The van der Waals surface area contributed by atoms with E-state index in [-0.39, 0.29) is 23.4 Å². The van der Waals surface area contributed by atoms with E-state index in [0.717, 1.165) is 12.1 Å². The van der Waals surface area contributed by atoms with Crippen molar-refractivity contribution in [3.63, 3.8) is 0 Å². The quantitative estimate of drug-likeness (QED) is 0.663. The van der Waals surface area contributed by atoms with Crippen molar-refractivity contribution in [2.45, 2.75) is 0 Å². The third-order valence-electron chi connectivity index (χ3n) is 2.44. The Bertz CT molecular complexity index is 567. The molecule has 0 saturated carbocycles. The van der Waals surface area contributed by atoms with E-state index in [1.54, 1.807) is 24.3 Å². The average Bonchev–Trinajstić information content (AvgIpc) is 2.39. The van der Waals surface area contributed by atoms with Gasteiger partial charge in [-0.25, -0.2) is 8.78 Å². The van der Waals surface area contributed by atoms with E-state index >= 15 is 0 Å². The number of ether oxygens (including phenoxy) is 2. The second-order valence-corrected chi connectivity index (χ2v) is 4.82. The lowest BCUT2D eigenvalue weighted by molar-refractivity contribution is 0.210. The van der Waals surface area contributed by atoms with Crippen LogP contribution in [0.2, 0.25) is 0 Å². The molecule has 6 heteroatoms. The molecule has 0 aliphatic rings. The molecule has 0 aliphatic carbocycles. The van der Waals surface area contributed by atoms with E-state index in [2.05, 4.69) is 15.9 Å². The van der Waals surface area contributed by atoms with E-state index in [4.69, 9.17) is 15.2 Å². The summed E-state index contributed by atoms with van der Waals surface area (Å²) in [6.07, 6.45) is 0. The monoisotopic (exact) mass is 343 g/mol. The van der Waals surface area contributed by atoms with Crippen LogP contribution in [0.4, 0.5) is 14.5 Å². The Labute approximate surface area is 123 Å². The van der Waals surface area contributed by atoms with Crippen molar-refractivity contribution in [1.29, 1.82) is 0 Å². The minimum absolute atomic E-state index is 0.0349. The Kier molecular flexibility index (Phi) is 4.79. The molecule has 0 heterocycles. The van der Waals surface area contributed by atoms with Crippen LogP contribution in [0.1, 0.15) is 0 Å². The molecule has 106 valence electrons. The molecule has 20 heavy (non-hydrogen) atoms. The second kappa shape index (κ2) is 6.56. The summed E-state index contributed by atoms with van der Waals surface area (Å²) in [5.41, 5.74) is 6.19. The summed E-state index contributed by atoms with van der Waals surface area (Å²) in [5, 5.41) is 0. The SMILES string of the molecule is Nc1ccc(OCCOc2c(F)cc(F)cc2Br)cc1. The highest BCUT2D eigenvalue weighted by atomic mass is 79.9. The predicted molar refractivity (Wildman–Crippen MR) is 75.9 cm³/mol. The summed E-state index contributed by atoms with van der Waals surface area (Å²) in [4.78, 5) is 0. The van der Waals surface area contributed by atoms with E-state index in [9.17, 15) is 8.78 Å². The summed E-state index contributed by atoms with van der Waals surface area (Å²) < 4.78 is 37.2. The molecule has 0 amide bonds. The number of hydrogen-bond acceptors (Lipinski definition) is 3. The van der Waals surface area contributed by atoms with Crippen LogP contribution in [0, 0.1) is 11.6 Å². The minimum Gasteiger partial charge on any atom is -0.490 e. The van der Waals surface area contributed by atoms with Crippen LogP contribution in [0.25, 0.3) is 0 Å². The first kappa shape index (κ1) is 14.6. The molecule has 0 unspecified atom stereocenters. The Morgan fingerprint density at radius 3 is 2.30 bits per heavy atom. The van der Waals surface area contributed by atoms with Crippen molar-refractivity contribution in [3.8, 4) is 11.5 Å². The Balaban J connectivity index is 1.86. The summed E-state index contributed by atoms with van der Waals surface area (Å²) in [6.45, 7) is 0.360. The lowest BCUT2D eigenvalue weighted by Crippen LogP contribution is -2.10. The molecule has 0 fully saturated rings. The average molecular weight is 344 g/mol. The van der Waals surface area contributed by atoms with Gasteiger partial charge in [0.2, 0.25) is 0 Å². The second-order valence-electron chi connectivity index (χ2n) is 3.96. The normalized spacial score (nSPS) is 10.3. The van der Waals surface area contributed by atoms with E-state index < -0.39 is 11.6 Å². The third-order valence-corrected chi connectivity index (χ3v) is 3.03. The molecular formula is C14H12BrF2NO2. The topological polar surface area (TPSA) is 44.5 Å². The number of rotatable bonds is 5. The van der Waals surface area contributed by atoms with Crippen LogP contribution in [-0.4, -0.2) is 13.2 Å². The largest absolute Gasteiger partial charge is 0.490 e. The van der Waals surface area contributed by atoms with E-state index in [0.29, 0.717) is 11.4 Å². The first-order chi connectivity index (χ1) is 9.56. The molecule has 0 aromatic heterocycles. The van der Waals surface area contributed by atoms with Crippen molar-refractivity contribution in [2.24, 2.45) is 0 Å². The molecule has 2 N–H and O–H groups in total. The van der Waals surface area contributed by atoms with Crippen LogP contribution in [0.3, 0.4) is 0 Å². The number of anilines is 1. The lowest BCUT2D eigenvalue weighted by atomic mass is 10.3. The number of halogens is 3. The van der Waals surface area contributed by atoms with Gasteiger partial charge in [-0.2, -0.15) is 0 Å². The Morgan fingerprint density at radius 2 is 1.65 bits per heavy atom. The first-order valence-corrected chi connectivity index (χ1v) is 6.61. The van der Waals surface area contributed by atoms with Crippen molar-refractivity contribution in [3.05, 3.63) is 52.5 Å². The Hall–Kier alpha value is -1.82. The third kappa shape index (κ3) is 3.84. The zero-order valence-corrected chi connectivity index (χ0v) is 12.0. The molecular weight excluding hydrogens is 332 g/mol. The molecule has 2 rings (SSSR count). The van der Waals surface area contributed by atoms with Gasteiger partial charge in [-0.15, -0.1) is 0 Å². The summed E-state index contributed by atoms with van der Waals surface area (Å²) in [7, 11) is 0. The fraction of sp³-hybridized carbons (Fsp3) is 0.143. The molecule has 2 aromatic carbocycles. The fourth-order valence-electron chi connectivity index (χ4n) is 1.53. The molecule has 3 nitrogen and oxygen atoms in total. The van der Waals surface area contributed by atoms with Crippen LogP contribution < -0.4 is 15.2 Å². The highest BCUT2D eigenvalue weighted by Crippen LogP contribution is 2.29. The Morgan fingerprint density at radius 1 is 1.00 bits per heavy atom. The number of hydrogen-bond donors (Lipinski definition) is 1. The lowest BCUT2D eigenvalue weighted by Gasteiger charge is -2.10. The highest BCUT2D eigenvalue weighted by Gasteiger charge is 2.10. The van der Waals surface area contributed by atoms with Gasteiger partial charge >= 0.3 is 0 Å². The molecule has 0 atom stereocenters. The fourth-order valence-corrected chi connectivity index (χ4v) is 2.06. The van der Waals surface area contributed by atoms with Gasteiger partial charge in [0.05, 0.1) is 4.47 Å². The van der Waals surface area contributed by atoms with Crippen molar-refractivity contribution >= 4 is 21.6 Å². The maximum Gasteiger partial charge on any atom is 0.169 e.